The lowest BCUT2D eigenvalue weighted by Crippen LogP contribution is -2.48. The van der Waals surface area contributed by atoms with Gasteiger partial charge in [0, 0.05) is 13.0 Å². The zero-order valence-corrected chi connectivity index (χ0v) is 12.6. The van der Waals surface area contributed by atoms with Crippen LogP contribution in [-0.4, -0.2) is 36.5 Å². The van der Waals surface area contributed by atoms with E-state index in [0.29, 0.717) is 13.0 Å². The molecule has 2 rings (SSSR count). The minimum absolute atomic E-state index is 0.0894. The van der Waals surface area contributed by atoms with Crippen LogP contribution in [0.4, 0.5) is 4.39 Å². The SMILES string of the molecule is COC(=O)C1CCCCN1C(=O)C/C=C/c1ccc(F)cc1. The number of amides is 1. The normalized spacial score (nSPS) is 18.5. The molecule has 22 heavy (non-hydrogen) atoms. The highest BCUT2D eigenvalue weighted by Gasteiger charge is 2.32. The van der Waals surface area contributed by atoms with Crippen molar-refractivity contribution >= 4 is 18.0 Å². The van der Waals surface area contributed by atoms with Gasteiger partial charge in [0.05, 0.1) is 7.11 Å². The summed E-state index contributed by atoms with van der Waals surface area (Å²) in [5.74, 6) is -0.730. The summed E-state index contributed by atoms with van der Waals surface area (Å²) in [6, 6.07) is 5.58. The molecule has 4 nitrogen and oxygen atoms in total. The third kappa shape index (κ3) is 4.16. The molecule has 0 bridgehead atoms. The van der Waals surface area contributed by atoms with Crippen molar-refractivity contribution in [3.05, 3.63) is 41.7 Å². The Kier molecular flexibility index (Phi) is 5.69. The molecule has 1 aliphatic heterocycles. The third-order valence-electron chi connectivity index (χ3n) is 3.77. The van der Waals surface area contributed by atoms with E-state index < -0.39 is 6.04 Å². The van der Waals surface area contributed by atoms with Crippen molar-refractivity contribution in [2.75, 3.05) is 13.7 Å². The van der Waals surface area contributed by atoms with Gasteiger partial charge in [0.2, 0.25) is 5.91 Å². The van der Waals surface area contributed by atoms with Crippen LogP contribution in [0.25, 0.3) is 6.08 Å². The number of benzene rings is 1. The Labute approximate surface area is 129 Å². The summed E-state index contributed by atoms with van der Waals surface area (Å²) in [6.45, 7) is 0.586. The Bertz CT molecular complexity index is 554. The van der Waals surface area contributed by atoms with Gasteiger partial charge in [-0.15, -0.1) is 0 Å². The molecule has 1 aromatic rings. The zero-order valence-electron chi connectivity index (χ0n) is 12.6. The zero-order chi connectivity index (χ0) is 15.9. The highest BCUT2D eigenvalue weighted by molar-refractivity contribution is 5.85. The van der Waals surface area contributed by atoms with E-state index in [9.17, 15) is 14.0 Å². The molecule has 0 radical (unpaired) electrons. The van der Waals surface area contributed by atoms with Gasteiger partial charge in [-0.25, -0.2) is 9.18 Å². The summed E-state index contributed by atoms with van der Waals surface area (Å²) in [6.07, 6.45) is 6.20. The number of carbonyl (C=O) groups is 2. The Morgan fingerprint density at radius 1 is 1.32 bits per heavy atom. The second kappa shape index (κ2) is 7.73. The molecule has 118 valence electrons. The van der Waals surface area contributed by atoms with Crippen LogP contribution in [0.2, 0.25) is 0 Å². The first kappa shape index (κ1) is 16.2. The van der Waals surface area contributed by atoms with Crippen LogP contribution in [0.5, 0.6) is 0 Å². The summed E-state index contributed by atoms with van der Waals surface area (Å²) in [5.41, 5.74) is 0.831. The van der Waals surface area contributed by atoms with Crippen LogP contribution < -0.4 is 0 Å². The van der Waals surface area contributed by atoms with Crippen LogP contribution in [0.1, 0.15) is 31.2 Å². The molecule has 0 N–H and O–H groups in total. The Balaban J connectivity index is 1.95. The van der Waals surface area contributed by atoms with Crippen molar-refractivity contribution in [2.45, 2.75) is 31.7 Å². The predicted molar refractivity (Wildman–Crippen MR) is 81.4 cm³/mol. The van der Waals surface area contributed by atoms with E-state index in [0.717, 1.165) is 18.4 Å². The van der Waals surface area contributed by atoms with Crippen LogP contribution in [0, 0.1) is 5.82 Å². The highest BCUT2D eigenvalue weighted by atomic mass is 19.1. The van der Waals surface area contributed by atoms with Crippen molar-refractivity contribution in [3.8, 4) is 0 Å². The highest BCUT2D eigenvalue weighted by Crippen LogP contribution is 2.19. The second-order valence-corrected chi connectivity index (χ2v) is 5.28. The number of likely N-dealkylation sites (tertiary alicyclic amines) is 1. The molecule has 0 aliphatic carbocycles. The lowest BCUT2D eigenvalue weighted by molar-refractivity contribution is -0.154. The standard InChI is InChI=1S/C17H20FNO3/c1-22-17(21)15-6-2-3-12-19(15)16(20)7-4-5-13-8-10-14(18)11-9-13/h4-5,8-11,15H,2-3,6-7,12H2,1H3/b5-4+. The molecule has 1 atom stereocenters. The number of nitrogens with zero attached hydrogens (tertiary/aromatic N) is 1. The number of rotatable bonds is 4. The van der Waals surface area contributed by atoms with Gasteiger partial charge >= 0.3 is 5.97 Å². The summed E-state index contributed by atoms with van der Waals surface area (Å²) < 4.78 is 17.6. The second-order valence-electron chi connectivity index (χ2n) is 5.28. The number of methoxy groups -OCH3 is 1. The fourth-order valence-corrected chi connectivity index (χ4v) is 2.60. The van der Waals surface area contributed by atoms with E-state index in [4.69, 9.17) is 4.74 Å². The van der Waals surface area contributed by atoms with Crippen LogP contribution in [0.15, 0.2) is 30.3 Å². The number of hydrogen-bond donors (Lipinski definition) is 0. The first-order chi connectivity index (χ1) is 10.6. The van der Waals surface area contributed by atoms with Gasteiger partial charge in [0.15, 0.2) is 0 Å². The molecule has 1 unspecified atom stereocenters. The number of piperidine rings is 1. The molecular weight excluding hydrogens is 285 g/mol. The molecule has 1 aromatic carbocycles. The predicted octanol–water partition coefficient (Wildman–Crippen LogP) is 2.78. The Morgan fingerprint density at radius 2 is 2.05 bits per heavy atom. The van der Waals surface area contributed by atoms with Gasteiger partial charge in [-0.05, 0) is 37.0 Å². The first-order valence-electron chi connectivity index (χ1n) is 7.41. The summed E-state index contributed by atoms with van der Waals surface area (Å²) in [5, 5.41) is 0. The van der Waals surface area contributed by atoms with E-state index in [1.54, 1.807) is 29.2 Å². The van der Waals surface area contributed by atoms with Gasteiger partial charge < -0.3 is 9.64 Å². The molecule has 1 saturated heterocycles. The maximum atomic E-state index is 12.8. The number of halogens is 1. The van der Waals surface area contributed by atoms with E-state index in [-0.39, 0.29) is 24.1 Å². The van der Waals surface area contributed by atoms with Crippen molar-refractivity contribution in [2.24, 2.45) is 0 Å². The summed E-state index contributed by atoms with van der Waals surface area (Å²) >= 11 is 0. The summed E-state index contributed by atoms with van der Waals surface area (Å²) in [4.78, 5) is 25.6. The fourth-order valence-electron chi connectivity index (χ4n) is 2.60. The smallest absolute Gasteiger partial charge is 0.328 e. The average Bonchev–Trinajstić information content (AvgIpc) is 2.56. The summed E-state index contributed by atoms with van der Waals surface area (Å²) in [7, 11) is 1.34. The Morgan fingerprint density at radius 3 is 2.73 bits per heavy atom. The molecule has 0 saturated carbocycles. The van der Waals surface area contributed by atoms with Crippen molar-refractivity contribution in [1.82, 2.24) is 4.90 Å². The maximum absolute atomic E-state index is 12.8. The molecule has 0 spiro atoms. The fraction of sp³-hybridized carbons (Fsp3) is 0.412. The van der Waals surface area contributed by atoms with Crippen molar-refractivity contribution < 1.29 is 18.7 Å². The molecule has 1 aliphatic rings. The minimum Gasteiger partial charge on any atom is -0.467 e. The van der Waals surface area contributed by atoms with Crippen LogP contribution >= 0.6 is 0 Å². The average molecular weight is 305 g/mol. The van der Waals surface area contributed by atoms with E-state index in [1.807, 2.05) is 0 Å². The molecule has 1 heterocycles. The topological polar surface area (TPSA) is 46.6 Å². The number of hydrogen-bond acceptors (Lipinski definition) is 3. The van der Waals surface area contributed by atoms with Crippen LogP contribution in [0.3, 0.4) is 0 Å². The monoisotopic (exact) mass is 305 g/mol. The number of esters is 1. The molecule has 1 amide bonds. The third-order valence-corrected chi connectivity index (χ3v) is 3.77. The van der Waals surface area contributed by atoms with Gasteiger partial charge in [-0.1, -0.05) is 24.3 Å². The van der Waals surface area contributed by atoms with Gasteiger partial charge in [0.25, 0.3) is 0 Å². The molecule has 1 fully saturated rings. The van der Waals surface area contributed by atoms with E-state index >= 15 is 0 Å². The van der Waals surface area contributed by atoms with E-state index in [1.165, 1.54) is 19.2 Å². The lowest BCUT2D eigenvalue weighted by Gasteiger charge is -2.33. The Hall–Kier alpha value is -2.17. The number of ether oxygens (including phenoxy) is 1. The van der Waals surface area contributed by atoms with Crippen molar-refractivity contribution in [1.29, 1.82) is 0 Å². The minimum atomic E-state index is -0.467. The number of carbonyl (C=O) groups excluding carboxylic acids is 2. The first-order valence-corrected chi connectivity index (χ1v) is 7.41. The quantitative estimate of drug-likeness (QED) is 0.804. The largest absolute Gasteiger partial charge is 0.467 e. The van der Waals surface area contributed by atoms with Gasteiger partial charge in [-0.2, -0.15) is 0 Å². The maximum Gasteiger partial charge on any atom is 0.328 e. The molecular formula is C17H20FNO3. The van der Waals surface area contributed by atoms with Crippen molar-refractivity contribution in [3.63, 3.8) is 0 Å². The molecule has 5 heteroatoms. The van der Waals surface area contributed by atoms with Crippen LogP contribution in [-0.2, 0) is 14.3 Å². The lowest BCUT2D eigenvalue weighted by atomic mass is 10.0. The van der Waals surface area contributed by atoms with E-state index in [2.05, 4.69) is 0 Å². The van der Waals surface area contributed by atoms with Gasteiger partial charge in [0.1, 0.15) is 11.9 Å². The molecule has 0 aromatic heterocycles. The van der Waals surface area contributed by atoms with Gasteiger partial charge in [-0.3, -0.25) is 4.79 Å².